The van der Waals surface area contributed by atoms with E-state index in [4.69, 9.17) is 0 Å². The molecule has 1 aromatic heterocycles. The van der Waals surface area contributed by atoms with Crippen LogP contribution in [0.5, 0.6) is 0 Å². The van der Waals surface area contributed by atoms with Crippen LogP contribution in [0.1, 0.15) is 60.6 Å². The van der Waals surface area contributed by atoms with Crippen molar-refractivity contribution in [3.05, 3.63) is 41.6 Å². The summed E-state index contributed by atoms with van der Waals surface area (Å²) in [5.74, 6) is 0.0353. The molecule has 3 heterocycles. The normalized spacial score (nSPS) is 22.7. The van der Waals surface area contributed by atoms with Gasteiger partial charge in [0.1, 0.15) is 0 Å². The van der Waals surface area contributed by atoms with Crippen molar-refractivity contribution in [3.8, 4) is 0 Å². The van der Waals surface area contributed by atoms with Crippen molar-refractivity contribution in [2.24, 2.45) is 5.41 Å². The molecule has 2 aromatic rings. The van der Waals surface area contributed by atoms with Gasteiger partial charge < -0.3 is 9.80 Å². The molecule has 2 aliphatic heterocycles. The summed E-state index contributed by atoms with van der Waals surface area (Å²) < 4.78 is 0. The molecule has 8 heteroatoms. The predicted molar refractivity (Wildman–Crippen MR) is 107 cm³/mol. The van der Waals surface area contributed by atoms with E-state index in [1.165, 1.54) is 18.4 Å². The molecule has 2 saturated heterocycles. The number of amides is 3. The third kappa shape index (κ3) is 3.07. The smallest absolute Gasteiger partial charge is 0.323 e. The molecule has 1 saturated carbocycles. The summed E-state index contributed by atoms with van der Waals surface area (Å²) in [6.45, 7) is 2.19. The Hall–Kier alpha value is -2.90. The zero-order chi connectivity index (χ0) is 19.8. The number of carbonyl (C=O) groups is 2. The molecule has 3 fully saturated rings. The second-order valence-corrected chi connectivity index (χ2v) is 8.46. The summed E-state index contributed by atoms with van der Waals surface area (Å²) in [7, 11) is 0. The van der Waals surface area contributed by atoms with Gasteiger partial charge in [-0.05, 0) is 31.2 Å². The third-order valence-electron chi connectivity index (χ3n) is 6.72. The summed E-state index contributed by atoms with van der Waals surface area (Å²) in [4.78, 5) is 29.4. The van der Waals surface area contributed by atoms with E-state index in [-0.39, 0.29) is 34.9 Å². The Morgan fingerprint density at radius 2 is 1.76 bits per heavy atom. The molecule has 1 atom stereocenters. The van der Waals surface area contributed by atoms with Crippen LogP contribution in [-0.4, -0.2) is 56.8 Å². The van der Waals surface area contributed by atoms with Crippen LogP contribution in [-0.2, 0) is 0 Å². The molecule has 1 aliphatic carbocycles. The average molecular weight is 394 g/mol. The molecule has 1 spiro atoms. The minimum Gasteiger partial charge on any atom is -0.337 e. The maximum absolute atomic E-state index is 13.1. The standard InChI is InChI=1S/C21H26N6O2/c28-19(26-12-6-7-13-26)16-18(24-25-23-16)22-20(29)27-14-21(10-4-5-11-21)17(27)15-8-2-1-3-9-15/h1-3,8-9,17H,4-7,10-14H2,(H2,22,23,24,25,29). The Morgan fingerprint density at radius 3 is 2.48 bits per heavy atom. The van der Waals surface area contributed by atoms with Crippen molar-refractivity contribution < 1.29 is 9.59 Å². The molecule has 1 unspecified atom stereocenters. The molecule has 29 heavy (non-hydrogen) atoms. The van der Waals surface area contributed by atoms with Crippen molar-refractivity contribution in [2.45, 2.75) is 44.6 Å². The van der Waals surface area contributed by atoms with Crippen LogP contribution in [0.4, 0.5) is 10.6 Å². The number of hydrogen-bond donors (Lipinski definition) is 2. The number of likely N-dealkylation sites (tertiary alicyclic amines) is 2. The highest BCUT2D eigenvalue weighted by Gasteiger charge is 2.56. The molecular formula is C21H26N6O2. The van der Waals surface area contributed by atoms with Gasteiger partial charge in [-0.3, -0.25) is 10.1 Å². The Bertz CT molecular complexity index is 899. The van der Waals surface area contributed by atoms with Gasteiger partial charge in [0, 0.05) is 25.0 Å². The molecule has 3 amide bonds. The first-order chi connectivity index (χ1) is 14.2. The largest absolute Gasteiger partial charge is 0.337 e. The van der Waals surface area contributed by atoms with E-state index in [0.29, 0.717) is 0 Å². The minimum atomic E-state index is -0.222. The second-order valence-electron chi connectivity index (χ2n) is 8.46. The Balaban J connectivity index is 1.35. The summed E-state index contributed by atoms with van der Waals surface area (Å²) in [6.07, 6.45) is 6.74. The van der Waals surface area contributed by atoms with E-state index in [1.54, 1.807) is 4.90 Å². The van der Waals surface area contributed by atoms with Crippen LogP contribution in [0.15, 0.2) is 30.3 Å². The molecule has 2 N–H and O–H groups in total. The first-order valence-electron chi connectivity index (χ1n) is 10.5. The maximum atomic E-state index is 13.1. The van der Waals surface area contributed by atoms with Crippen molar-refractivity contribution in [1.82, 2.24) is 25.2 Å². The first kappa shape index (κ1) is 18.1. The van der Waals surface area contributed by atoms with Crippen LogP contribution < -0.4 is 5.32 Å². The zero-order valence-electron chi connectivity index (χ0n) is 16.4. The number of nitrogens with zero attached hydrogens (tertiary/aromatic N) is 4. The highest BCUT2D eigenvalue weighted by atomic mass is 16.2. The number of carbonyl (C=O) groups excluding carboxylic acids is 2. The quantitative estimate of drug-likeness (QED) is 0.836. The average Bonchev–Trinajstić information content (AvgIpc) is 3.48. The van der Waals surface area contributed by atoms with Gasteiger partial charge >= 0.3 is 6.03 Å². The van der Waals surface area contributed by atoms with Crippen LogP contribution in [0.2, 0.25) is 0 Å². The lowest BCUT2D eigenvalue weighted by molar-refractivity contribution is -0.0353. The van der Waals surface area contributed by atoms with Crippen molar-refractivity contribution in [3.63, 3.8) is 0 Å². The number of benzene rings is 1. The molecule has 0 bridgehead atoms. The van der Waals surface area contributed by atoms with E-state index in [1.807, 2.05) is 23.1 Å². The lowest BCUT2D eigenvalue weighted by atomic mass is 9.67. The lowest BCUT2D eigenvalue weighted by Gasteiger charge is -2.56. The fourth-order valence-corrected chi connectivity index (χ4v) is 5.31. The first-order valence-corrected chi connectivity index (χ1v) is 10.5. The number of hydrogen-bond acceptors (Lipinski definition) is 4. The van der Waals surface area contributed by atoms with E-state index >= 15 is 0 Å². The summed E-state index contributed by atoms with van der Waals surface area (Å²) >= 11 is 0. The van der Waals surface area contributed by atoms with E-state index in [2.05, 4.69) is 32.9 Å². The molecule has 3 aliphatic rings. The summed E-state index contributed by atoms with van der Waals surface area (Å²) in [5.41, 5.74) is 1.54. The fraction of sp³-hybridized carbons (Fsp3) is 0.524. The Kier molecular flexibility index (Phi) is 4.49. The summed E-state index contributed by atoms with van der Waals surface area (Å²) in [5, 5.41) is 13.4. The third-order valence-corrected chi connectivity index (χ3v) is 6.72. The monoisotopic (exact) mass is 394 g/mol. The van der Waals surface area contributed by atoms with Crippen LogP contribution in [0.3, 0.4) is 0 Å². The number of H-pyrrole nitrogens is 1. The molecule has 8 nitrogen and oxygen atoms in total. The second kappa shape index (κ2) is 7.17. The van der Waals surface area contributed by atoms with Crippen LogP contribution in [0, 0.1) is 5.41 Å². The summed E-state index contributed by atoms with van der Waals surface area (Å²) in [6, 6.07) is 10.1. The number of nitrogens with one attached hydrogen (secondary N) is 2. The van der Waals surface area contributed by atoms with Gasteiger partial charge in [0.25, 0.3) is 5.91 Å². The van der Waals surface area contributed by atoms with Crippen molar-refractivity contribution >= 4 is 17.8 Å². The molecule has 1 aromatic carbocycles. The molecule has 152 valence electrons. The number of aromatic nitrogens is 3. The van der Waals surface area contributed by atoms with Crippen molar-refractivity contribution in [1.29, 1.82) is 0 Å². The Labute approximate surface area is 169 Å². The van der Waals surface area contributed by atoms with Gasteiger partial charge in [0.2, 0.25) is 0 Å². The van der Waals surface area contributed by atoms with Crippen LogP contribution in [0.25, 0.3) is 0 Å². The lowest BCUT2D eigenvalue weighted by Crippen LogP contribution is -2.60. The number of aromatic amines is 1. The number of anilines is 1. The van der Waals surface area contributed by atoms with Gasteiger partial charge in [0.05, 0.1) is 6.04 Å². The van der Waals surface area contributed by atoms with E-state index < -0.39 is 0 Å². The van der Waals surface area contributed by atoms with E-state index in [0.717, 1.165) is 45.3 Å². The SMILES string of the molecule is O=C(c1n[nH]nc1NC(=O)N1CC2(CCCC2)C1c1ccccc1)N1CCCC1. The van der Waals surface area contributed by atoms with Gasteiger partial charge in [-0.1, -0.05) is 43.2 Å². The Morgan fingerprint density at radius 1 is 1.03 bits per heavy atom. The zero-order valence-corrected chi connectivity index (χ0v) is 16.4. The van der Waals surface area contributed by atoms with Gasteiger partial charge in [-0.2, -0.15) is 5.21 Å². The van der Waals surface area contributed by atoms with Gasteiger partial charge in [0.15, 0.2) is 11.5 Å². The number of urea groups is 1. The van der Waals surface area contributed by atoms with Crippen molar-refractivity contribution in [2.75, 3.05) is 25.0 Å². The predicted octanol–water partition coefficient (Wildman–Crippen LogP) is 3.19. The minimum absolute atomic E-state index is 0.0656. The topological polar surface area (TPSA) is 94.2 Å². The highest BCUT2D eigenvalue weighted by molar-refractivity contribution is 6.01. The van der Waals surface area contributed by atoms with Gasteiger partial charge in [-0.15, -0.1) is 10.2 Å². The molecule has 5 rings (SSSR count). The number of rotatable bonds is 3. The van der Waals surface area contributed by atoms with Gasteiger partial charge in [-0.25, -0.2) is 4.79 Å². The fourth-order valence-electron chi connectivity index (χ4n) is 5.31. The van der Waals surface area contributed by atoms with Crippen LogP contribution >= 0.6 is 0 Å². The van der Waals surface area contributed by atoms with E-state index in [9.17, 15) is 9.59 Å². The molecular weight excluding hydrogens is 368 g/mol. The molecule has 0 radical (unpaired) electrons. The maximum Gasteiger partial charge on any atom is 0.323 e. The highest BCUT2D eigenvalue weighted by Crippen LogP contribution is 2.58.